The van der Waals surface area contributed by atoms with Crippen LogP contribution in [0.3, 0.4) is 0 Å². The Morgan fingerprint density at radius 2 is 1.66 bits per heavy atom. The fourth-order valence-corrected chi connectivity index (χ4v) is 5.67. The molecule has 0 aliphatic heterocycles. The molecule has 3 aromatic carbocycles. The third-order valence-electron chi connectivity index (χ3n) is 8.09. The molecule has 0 unspecified atom stereocenters. The molecule has 1 aliphatic carbocycles. The van der Waals surface area contributed by atoms with Gasteiger partial charge in [-0.2, -0.15) is 0 Å². The van der Waals surface area contributed by atoms with Crippen LogP contribution in [0.2, 0.25) is 0 Å². The monoisotopic (exact) mass is 611 g/mol. The summed E-state index contributed by atoms with van der Waals surface area (Å²) < 4.78 is 5.91. The number of aromatic amines is 1. The molecule has 4 aromatic rings. The number of thiol groups is 1. The summed E-state index contributed by atoms with van der Waals surface area (Å²) in [7, 11) is 0. The molecule has 0 bridgehead atoms. The molecular formula is C34H37N5O4S. The number of amides is 3. The number of benzene rings is 3. The lowest BCUT2D eigenvalue weighted by Crippen LogP contribution is -2.52. The Morgan fingerprint density at radius 1 is 0.955 bits per heavy atom. The predicted molar refractivity (Wildman–Crippen MR) is 171 cm³/mol. The molecule has 0 saturated heterocycles. The van der Waals surface area contributed by atoms with Gasteiger partial charge in [0.05, 0.1) is 12.9 Å². The number of aromatic nitrogens is 2. The van der Waals surface area contributed by atoms with Gasteiger partial charge in [-0.1, -0.05) is 91.8 Å². The van der Waals surface area contributed by atoms with Crippen LogP contribution in [0, 0.1) is 0 Å². The molecule has 1 saturated carbocycles. The highest BCUT2D eigenvalue weighted by molar-refractivity contribution is 7.96. The number of H-pyrrole nitrogens is 1. The Kier molecular flexibility index (Phi) is 10.3. The molecule has 5 rings (SSSR count). The van der Waals surface area contributed by atoms with Crippen molar-refractivity contribution in [2.45, 2.75) is 50.3 Å². The highest BCUT2D eigenvalue weighted by Crippen LogP contribution is 2.43. The van der Waals surface area contributed by atoms with Gasteiger partial charge in [-0.05, 0) is 41.7 Å². The first-order valence-corrected chi connectivity index (χ1v) is 15.2. The smallest absolute Gasteiger partial charge is 0.276 e. The second-order valence-electron chi connectivity index (χ2n) is 11.2. The van der Waals surface area contributed by atoms with Crippen LogP contribution in [0.25, 0.3) is 0 Å². The van der Waals surface area contributed by atoms with Crippen molar-refractivity contribution in [2.24, 2.45) is 0 Å². The highest BCUT2D eigenvalue weighted by Gasteiger charge is 2.39. The molecule has 0 spiro atoms. The number of carbonyl (C=O) groups is 3. The minimum Gasteiger partial charge on any atom is -0.489 e. The molecule has 9 nitrogen and oxygen atoms in total. The molecule has 3 N–H and O–H groups in total. The number of nitrogens with one attached hydrogen (secondary N) is 3. The average molecular weight is 612 g/mol. The topological polar surface area (TPSA) is 116 Å². The minimum absolute atomic E-state index is 0.0928. The average Bonchev–Trinajstić information content (AvgIpc) is 3.53. The Labute approximate surface area is 262 Å². The molecular weight excluding hydrogens is 574 g/mol. The van der Waals surface area contributed by atoms with E-state index in [1.165, 1.54) is 16.8 Å². The van der Waals surface area contributed by atoms with Crippen molar-refractivity contribution in [1.82, 2.24) is 25.5 Å². The largest absolute Gasteiger partial charge is 0.489 e. The molecule has 0 radical (unpaired) electrons. The van der Waals surface area contributed by atoms with E-state index in [0.29, 0.717) is 24.6 Å². The van der Waals surface area contributed by atoms with Crippen LogP contribution in [-0.4, -0.2) is 51.1 Å². The summed E-state index contributed by atoms with van der Waals surface area (Å²) in [5.74, 6) is 0.0308. The van der Waals surface area contributed by atoms with E-state index in [2.05, 4.69) is 45.4 Å². The van der Waals surface area contributed by atoms with Crippen LogP contribution in [0.15, 0.2) is 97.5 Å². The maximum Gasteiger partial charge on any atom is 0.276 e. The first-order valence-electron chi connectivity index (χ1n) is 14.7. The van der Waals surface area contributed by atoms with Crippen molar-refractivity contribution in [1.29, 1.82) is 0 Å². The van der Waals surface area contributed by atoms with Gasteiger partial charge in [0.1, 0.15) is 18.4 Å². The standard InChI is InChI=1S/C34H37N5O4S/c40-31(36-23-34(16-7-17-34)27-10-5-2-6-11-27)21-39(32(41)30(38-33(42)44)18-28-19-35-24-37-28)20-25-12-14-29(15-13-25)43-22-26-8-3-1-4-9-26/h1-6,8-15,19,24,30H,7,16-18,20-23H2,(H,35,37)(H,36,40)(H2,38,42,44)/t30-/m0/s1. The van der Waals surface area contributed by atoms with E-state index in [9.17, 15) is 14.4 Å². The number of ether oxygens (including phenoxy) is 1. The molecule has 1 heterocycles. The third-order valence-corrected chi connectivity index (χ3v) is 8.22. The van der Waals surface area contributed by atoms with Crippen molar-refractivity contribution in [3.8, 4) is 5.75 Å². The van der Waals surface area contributed by atoms with Gasteiger partial charge in [-0.3, -0.25) is 14.4 Å². The van der Waals surface area contributed by atoms with E-state index in [4.69, 9.17) is 4.74 Å². The second-order valence-corrected chi connectivity index (χ2v) is 11.6. The lowest BCUT2D eigenvalue weighted by Gasteiger charge is -2.42. The molecule has 228 valence electrons. The fourth-order valence-electron chi connectivity index (χ4n) is 5.51. The van der Waals surface area contributed by atoms with Crippen molar-refractivity contribution in [3.05, 3.63) is 120 Å². The molecule has 1 fully saturated rings. The molecule has 1 aromatic heterocycles. The fraction of sp³-hybridized carbons (Fsp3) is 0.294. The molecule has 44 heavy (non-hydrogen) atoms. The Bertz CT molecular complexity index is 1510. The normalized spacial score (nSPS) is 14.1. The van der Waals surface area contributed by atoms with Crippen molar-refractivity contribution in [3.63, 3.8) is 0 Å². The first kappa shape index (κ1) is 30.9. The van der Waals surface area contributed by atoms with E-state index in [-0.39, 0.29) is 30.8 Å². The van der Waals surface area contributed by atoms with E-state index >= 15 is 0 Å². The summed E-state index contributed by atoms with van der Waals surface area (Å²) in [5, 5.41) is 5.08. The van der Waals surface area contributed by atoms with Crippen LogP contribution < -0.4 is 15.4 Å². The lowest BCUT2D eigenvalue weighted by atomic mass is 9.64. The Hall–Kier alpha value is -4.57. The lowest BCUT2D eigenvalue weighted by molar-refractivity contribution is -0.138. The quantitative estimate of drug-likeness (QED) is 0.153. The summed E-state index contributed by atoms with van der Waals surface area (Å²) in [6, 6.07) is 26.6. The number of imidazole rings is 1. The van der Waals surface area contributed by atoms with Gasteiger partial charge in [-0.15, -0.1) is 0 Å². The molecule has 1 atom stereocenters. The van der Waals surface area contributed by atoms with Gasteiger partial charge in [0.15, 0.2) is 0 Å². The maximum atomic E-state index is 13.9. The summed E-state index contributed by atoms with van der Waals surface area (Å²) in [4.78, 5) is 47.7. The Morgan fingerprint density at radius 3 is 2.27 bits per heavy atom. The van der Waals surface area contributed by atoms with Gasteiger partial charge in [0.2, 0.25) is 11.8 Å². The van der Waals surface area contributed by atoms with Gasteiger partial charge in [0.25, 0.3) is 5.24 Å². The van der Waals surface area contributed by atoms with Crippen molar-refractivity contribution in [2.75, 3.05) is 13.1 Å². The van der Waals surface area contributed by atoms with Crippen molar-refractivity contribution >= 4 is 29.7 Å². The van der Waals surface area contributed by atoms with Gasteiger partial charge in [0, 0.05) is 36.8 Å². The maximum absolute atomic E-state index is 13.9. The number of carbonyl (C=O) groups excluding carboxylic acids is 3. The van der Waals surface area contributed by atoms with Crippen LogP contribution in [-0.2, 0) is 34.6 Å². The first-order chi connectivity index (χ1) is 21.4. The molecule has 1 aliphatic rings. The Balaban J connectivity index is 1.29. The van der Waals surface area contributed by atoms with E-state index in [0.717, 1.165) is 30.4 Å². The second kappa shape index (κ2) is 14.7. The molecule has 10 heteroatoms. The van der Waals surface area contributed by atoms with Gasteiger partial charge >= 0.3 is 0 Å². The summed E-state index contributed by atoms with van der Waals surface area (Å²) in [6.45, 7) is 0.930. The number of rotatable bonds is 14. The van der Waals surface area contributed by atoms with E-state index in [1.54, 1.807) is 6.20 Å². The summed E-state index contributed by atoms with van der Waals surface area (Å²) in [6.07, 6.45) is 6.39. The van der Waals surface area contributed by atoms with E-state index < -0.39 is 17.2 Å². The van der Waals surface area contributed by atoms with Crippen molar-refractivity contribution < 1.29 is 19.1 Å². The SMILES string of the molecule is O=C(S)N[C@@H](Cc1cnc[nH]1)C(=O)N(CC(=O)NCC1(c2ccccc2)CCC1)Cc1ccc(OCc2ccccc2)cc1. The zero-order chi connectivity index (χ0) is 30.8. The van der Waals surface area contributed by atoms with Crippen LogP contribution in [0.4, 0.5) is 4.79 Å². The molecule has 3 amide bonds. The predicted octanol–water partition coefficient (Wildman–Crippen LogP) is 4.81. The van der Waals surface area contributed by atoms with Gasteiger partial charge in [-0.25, -0.2) is 4.98 Å². The zero-order valence-electron chi connectivity index (χ0n) is 24.4. The van der Waals surface area contributed by atoms with Crippen LogP contribution in [0.1, 0.15) is 41.6 Å². The summed E-state index contributed by atoms with van der Waals surface area (Å²) in [5.41, 5.74) is 3.67. The van der Waals surface area contributed by atoms with Gasteiger partial charge < -0.3 is 25.3 Å². The minimum atomic E-state index is -0.941. The number of nitrogens with zero attached hydrogens (tertiary/aromatic N) is 2. The van der Waals surface area contributed by atoms with Crippen LogP contribution in [0.5, 0.6) is 5.75 Å². The number of hydrogen-bond donors (Lipinski definition) is 4. The third kappa shape index (κ3) is 8.29. The number of hydrogen-bond acceptors (Lipinski definition) is 5. The summed E-state index contributed by atoms with van der Waals surface area (Å²) >= 11 is 3.86. The highest BCUT2D eigenvalue weighted by atomic mass is 32.1. The van der Waals surface area contributed by atoms with E-state index in [1.807, 2.05) is 72.8 Å². The zero-order valence-corrected chi connectivity index (χ0v) is 25.3. The van der Waals surface area contributed by atoms with Crippen LogP contribution >= 0.6 is 12.6 Å².